The molecule has 0 radical (unpaired) electrons. The van der Waals surface area contributed by atoms with Crippen molar-refractivity contribution in [2.24, 2.45) is 7.05 Å². The van der Waals surface area contributed by atoms with Gasteiger partial charge in [-0.25, -0.2) is 9.37 Å². The third kappa shape index (κ3) is 4.08. The molecule has 3 nitrogen and oxygen atoms in total. The Bertz CT molecular complexity index is 541. The van der Waals surface area contributed by atoms with Gasteiger partial charge in [-0.3, -0.25) is 0 Å². The third-order valence-electron chi connectivity index (χ3n) is 3.02. The summed E-state index contributed by atoms with van der Waals surface area (Å²) in [7, 11) is 2.00. The van der Waals surface area contributed by atoms with Gasteiger partial charge in [-0.2, -0.15) is 0 Å². The molecule has 0 saturated heterocycles. The molecular formula is C15H20FN3S. The molecule has 0 bridgehead atoms. The molecule has 2 rings (SSSR count). The molecule has 1 aromatic heterocycles. The van der Waals surface area contributed by atoms with Crippen molar-refractivity contribution in [1.82, 2.24) is 14.9 Å². The molecular weight excluding hydrogens is 273 g/mol. The molecule has 1 atom stereocenters. The minimum Gasteiger partial charge on any atom is -0.337 e. The van der Waals surface area contributed by atoms with Crippen LogP contribution in [0.25, 0.3) is 0 Å². The summed E-state index contributed by atoms with van der Waals surface area (Å²) in [6, 6.07) is 6.88. The van der Waals surface area contributed by atoms with Gasteiger partial charge in [0.25, 0.3) is 0 Å². The standard InChI is InChI=1S/C15H20FN3S/c1-3-7-17-14(15-18-8-9-19(15)2)11-20-13-6-4-5-12(16)10-13/h4-6,8-10,14,17H,3,7,11H2,1-2H3. The van der Waals surface area contributed by atoms with Crippen LogP contribution in [0.2, 0.25) is 0 Å². The summed E-state index contributed by atoms with van der Waals surface area (Å²) >= 11 is 1.64. The molecule has 2 aromatic rings. The molecule has 1 N–H and O–H groups in total. The van der Waals surface area contributed by atoms with E-state index in [1.54, 1.807) is 23.9 Å². The summed E-state index contributed by atoms with van der Waals surface area (Å²) < 4.78 is 15.2. The van der Waals surface area contributed by atoms with E-state index in [1.807, 2.05) is 30.1 Å². The number of nitrogens with zero attached hydrogens (tertiary/aromatic N) is 2. The molecule has 1 aromatic carbocycles. The van der Waals surface area contributed by atoms with Gasteiger partial charge in [0.1, 0.15) is 11.6 Å². The van der Waals surface area contributed by atoms with Crippen LogP contribution in [0.1, 0.15) is 25.2 Å². The number of halogens is 1. The van der Waals surface area contributed by atoms with Gasteiger partial charge >= 0.3 is 0 Å². The summed E-state index contributed by atoms with van der Waals surface area (Å²) in [6.07, 6.45) is 4.83. The third-order valence-corrected chi connectivity index (χ3v) is 4.11. The van der Waals surface area contributed by atoms with E-state index in [0.717, 1.165) is 29.4 Å². The van der Waals surface area contributed by atoms with Gasteiger partial charge in [0.05, 0.1) is 6.04 Å². The average molecular weight is 293 g/mol. The Kier molecular flexibility index (Phi) is 5.61. The van der Waals surface area contributed by atoms with E-state index in [9.17, 15) is 4.39 Å². The maximum atomic E-state index is 13.2. The zero-order chi connectivity index (χ0) is 14.4. The molecule has 5 heteroatoms. The Balaban J connectivity index is 2.03. The molecule has 0 amide bonds. The fourth-order valence-electron chi connectivity index (χ4n) is 1.99. The highest BCUT2D eigenvalue weighted by Gasteiger charge is 2.15. The van der Waals surface area contributed by atoms with Gasteiger partial charge in [-0.15, -0.1) is 11.8 Å². The van der Waals surface area contributed by atoms with E-state index in [1.165, 1.54) is 6.07 Å². The SMILES string of the molecule is CCCNC(CSc1cccc(F)c1)c1nccn1C. The van der Waals surface area contributed by atoms with Gasteiger partial charge in [-0.1, -0.05) is 13.0 Å². The van der Waals surface area contributed by atoms with E-state index in [0.29, 0.717) is 0 Å². The number of hydrogen-bond donors (Lipinski definition) is 1. The number of nitrogens with one attached hydrogen (secondary N) is 1. The number of benzene rings is 1. The summed E-state index contributed by atoms with van der Waals surface area (Å²) in [5.41, 5.74) is 0. The second-order valence-electron chi connectivity index (χ2n) is 4.67. The number of thioether (sulfide) groups is 1. The van der Waals surface area contributed by atoms with Crippen LogP contribution < -0.4 is 5.32 Å². The monoisotopic (exact) mass is 293 g/mol. The number of aromatic nitrogens is 2. The van der Waals surface area contributed by atoms with Crippen molar-refractivity contribution in [1.29, 1.82) is 0 Å². The van der Waals surface area contributed by atoms with Gasteiger partial charge in [0.15, 0.2) is 0 Å². The van der Waals surface area contributed by atoms with Crippen LogP contribution >= 0.6 is 11.8 Å². The Morgan fingerprint density at radius 1 is 1.45 bits per heavy atom. The summed E-state index contributed by atoms with van der Waals surface area (Å²) in [4.78, 5) is 5.36. The molecule has 20 heavy (non-hydrogen) atoms. The second kappa shape index (κ2) is 7.45. The molecule has 0 fully saturated rings. The molecule has 108 valence electrons. The second-order valence-corrected chi connectivity index (χ2v) is 5.76. The minimum absolute atomic E-state index is 0.170. The quantitative estimate of drug-likeness (QED) is 0.794. The smallest absolute Gasteiger partial charge is 0.126 e. The van der Waals surface area contributed by atoms with Crippen molar-refractivity contribution in [3.05, 3.63) is 48.3 Å². The zero-order valence-corrected chi connectivity index (χ0v) is 12.7. The predicted molar refractivity (Wildman–Crippen MR) is 81.4 cm³/mol. The lowest BCUT2D eigenvalue weighted by Crippen LogP contribution is -2.26. The van der Waals surface area contributed by atoms with Crippen LogP contribution in [-0.4, -0.2) is 21.8 Å². The minimum atomic E-state index is -0.190. The zero-order valence-electron chi connectivity index (χ0n) is 11.8. The van der Waals surface area contributed by atoms with Gasteiger partial charge < -0.3 is 9.88 Å². The number of imidazole rings is 1. The first-order valence-electron chi connectivity index (χ1n) is 6.79. The van der Waals surface area contributed by atoms with Crippen LogP contribution in [0.4, 0.5) is 4.39 Å². The number of hydrogen-bond acceptors (Lipinski definition) is 3. The summed E-state index contributed by atoms with van der Waals surface area (Å²) in [6.45, 7) is 3.09. The fourth-order valence-corrected chi connectivity index (χ4v) is 2.99. The van der Waals surface area contributed by atoms with Crippen LogP contribution in [0.3, 0.4) is 0 Å². The lowest BCUT2D eigenvalue weighted by molar-refractivity contribution is 0.535. The molecule has 0 aliphatic rings. The largest absolute Gasteiger partial charge is 0.337 e. The first-order chi connectivity index (χ1) is 9.70. The lowest BCUT2D eigenvalue weighted by atomic mass is 10.3. The van der Waals surface area contributed by atoms with Crippen LogP contribution in [0.15, 0.2) is 41.6 Å². The van der Waals surface area contributed by atoms with Crippen molar-refractivity contribution in [2.75, 3.05) is 12.3 Å². The Morgan fingerprint density at radius 2 is 2.30 bits per heavy atom. The van der Waals surface area contributed by atoms with Gasteiger partial charge in [-0.05, 0) is 31.2 Å². The summed E-state index contributed by atoms with van der Waals surface area (Å²) in [5, 5.41) is 3.50. The van der Waals surface area contributed by atoms with Crippen molar-refractivity contribution in [2.45, 2.75) is 24.3 Å². The normalized spacial score (nSPS) is 12.6. The average Bonchev–Trinajstić information content (AvgIpc) is 2.85. The number of rotatable bonds is 7. The highest BCUT2D eigenvalue weighted by molar-refractivity contribution is 7.99. The maximum Gasteiger partial charge on any atom is 0.126 e. The summed E-state index contributed by atoms with van der Waals surface area (Å²) in [5.74, 6) is 1.65. The van der Waals surface area contributed by atoms with E-state index in [-0.39, 0.29) is 11.9 Å². The lowest BCUT2D eigenvalue weighted by Gasteiger charge is -2.18. The topological polar surface area (TPSA) is 29.9 Å². The molecule has 1 unspecified atom stereocenters. The van der Waals surface area contributed by atoms with E-state index < -0.39 is 0 Å². The van der Waals surface area contributed by atoms with Crippen molar-refractivity contribution < 1.29 is 4.39 Å². The Hall–Kier alpha value is -1.33. The van der Waals surface area contributed by atoms with Gasteiger partial charge in [0, 0.05) is 30.1 Å². The van der Waals surface area contributed by atoms with Crippen molar-refractivity contribution >= 4 is 11.8 Å². The first-order valence-corrected chi connectivity index (χ1v) is 7.78. The molecule has 0 spiro atoms. The molecule has 0 aliphatic carbocycles. The fraction of sp³-hybridized carbons (Fsp3) is 0.400. The molecule has 0 saturated carbocycles. The maximum absolute atomic E-state index is 13.2. The van der Waals surface area contributed by atoms with Crippen LogP contribution in [0.5, 0.6) is 0 Å². The predicted octanol–water partition coefficient (Wildman–Crippen LogP) is 3.39. The van der Waals surface area contributed by atoms with E-state index >= 15 is 0 Å². The van der Waals surface area contributed by atoms with Gasteiger partial charge in [0.2, 0.25) is 0 Å². The Labute approximate surface area is 123 Å². The van der Waals surface area contributed by atoms with Crippen molar-refractivity contribution in [3.63, 3.8) is 0 Å². The highest BCUT2D eigenvalue weighted by atomic mass is 32.2. The molecule has 1 heterocycles. The Morgan fingerprint density at radius 3 is 2.95 bits per heavy atom. The highest BCUT2D eigenvalue weighted by Crippen LogP contribution is 2.24. The van der Waals surface area contributed by atoms with E-state index in [4.69, 9.17) is 0 Å². The number of aryl methyl sites for hydroxylation is 1. The van der Waals surface area contributed by atoms with Crippen LogP contribution in [-0.2, 0) is 7.05 Å². The van der Waals surface area contributed by atoms with Crippen molar-refractivity contribution in [3.8, 4) is 0 Å². The first kappa shape index (κ1) is 15.1. The van der Waals surface area contributed by atoms with E-state index in [2.05, 4.69) is 17.2 Å². The van der Waals surface area contributed by atoms with Crippen LogP contribution in [0, 0.1) is 5.82 Å². The molecule has 0 aliphatic heterocycles.